The van der Waals surface area contributed by atoms with Crippen LogP contribution in [0.15, 0.2) is 4.52 Å². The fourth-order valence-electron chi connectivity index (χ4n) is 3.34. The van der Waals surface area contributed by atoms with Gasteiger partial charge in [-0.1, -0.05) is 12.1 Å². The van der Waals surface area contributed by atoms with Crippen LogP contribution in [0.25, 0.3) is 0 Å². The molecule has 21 heavy (non-hydrogen) atoms. The van der Waals surface area contributed by atoms with Crippen molar-refractivity contribution < 1.29 is 9.32 Å². The summed E-state index contributed by atoms with van der Waals surface area (Å²) in [5.74, 6) is 0.676. The summed E-state index contributed by atoms with van der Waals surface area (Å²) in [6, 6.07) is 0.505. The van der Waals surface area contributed by atoms with Crippen molar-refractivity contribution in [3.05, 3.63) is 11.5 Å². The zero-order chi connectivity index (χ0) is 14.8. The van der Waals surface area contributed by atoms with Gasteiger partial charge in [0.05, 0.1) is 0 Å². The van der Waals surface area contributed by atoms with Crippen molar-refractivity contribution in [1.29, 1.82) is 0 Å². The largest absolute Gasteiger partial charge is 0.359 e. The second-order valence-electron chi connectivity index (χ2n) is 5.98. The number of carbonyl (C=O) groups excluding carboxylic acids is 1. The molecule has 3 rings (SSSR count). The molecule has 116 valence electrons. The highest BCUT2D eigenvalue weighted by Gasteiger charge is 2.32. The van der Waals surface area contributed by atoms with Crippen LogP contribution in [0.4, 0.5) is 10.5 Å². The minimum Gasteiger partial charge on any atom is -0.359 e. The summed E-state index contributed by atoms with van der Waals surface area (Å²) < 4.78 is 5.16. The van der Waals surface area contributed by atoms with E-state index in [1.165, 1.54) is 25.9 Å². The Balaban J connectivity index is 1.60. The third-order valence-electron chi connectivity index (χ3n) is 4.61. The summed E-state index contributed by atoms with van der Waals surface area (Å²) in [5, 5.41) is 6.95. The van der Waals surface area contributed by atoms with E-state index in [9.17, 15) is 4.79 Å². The summed E-state index contributed by atoms with van der Waals surface area (Å²) in [6.45, 7) is 7.87. The Bertz CT molecular complexity index is 508. The molecule has 0 bridgehead atoms. The molecule has 0 aliphatic carbocycles. The predicted octanol–water partition coefficient (Wildman–Crippen LogP) is 2.25. The lowest BCUT2D eigenvalue weighted by atomic mass is 10.2. The van der Waals surface area contributed by atoms with E-state index in [1.807, 2.05) is 18.7 Å². The van der Waals surface area contributed by atoms with Crippen LogP contribution in [-0.4, -0.2) is 53.2 Å². The first-order valence-corrected chi connectivity index (χ1v) is 7.94. The number of amides is 2. The molecule has 6 nitrogen and oxygen atoms in total. The number of likely N-dealkylation sites (tertiary alicyclic amines) is 2. The fourth-order valence-corrected chi connectivity index (χ4v) is 3.34. The molecule has 2 saturated heterocycles. The number of aromatic nitrogens is 1. The van der Waals surface area contributed by atoms with Gasteiger partial charge in [-0.25, -0.2) is 4.79 Å². The van der Waals surface area contributed by atoms with Crippen molar-refractivity contribution in [2.24, 2.45) is 0 Å². The highest BCUT2D eigenvalue weighted by molar-refractivity contribution is 5.90. The molecule has 2 aliphatic heterocycles. The molecule has 6 heteroatoms. The smallest absolute Gasteiger partial charge is 0.322 e. The van der Waals surface area contributed by atoms with Crippen molar-refractivity contribution in [3.63, 3.8) is 0 Å². The maximum atomic E-state index is 12.4. The molecule has 0 aromatic carbocycles. The molecule has 0 radical (unpaired) electrons. The monoisotopic (exact) mass is 292 g/mol. The van der Waals surface area contributed by atoms with Crippen LogP contribution in [0.2, 0.25) is 0 Å². The average molecular weight is 292 g/mol. The molecule has 0 saturated carbocycles. The van der Waals surface area contributed by atoms with Gasteiger partial charge < -0.3 is 14.7 Å². The van der Waals surface area contributed by atoms with Gasteiger partial charge in [-0.05, 0) is 45.7 Å². The lowest BCUT2D eigenvalue weighted by Gasteiger charge is -2.23. The van der Waals surface area contributed by atoms with E-state index in [4.69, 9.17) is 4.52 Å². The highest BCUT2D eigenvalue weighted by atomic mass is 16.5. The normalized spacial score (nSPS) is 23.0. The van der Waals surface area contributed by atoms with Gasteiger partial charge in [0, 0.05) is 19.1 Å². The molecular formula is C15H24N4O2. The van der Waals surface area contributed by atoms with Crippen LogP contribution in [0.5, 0.6) is 0 Å². The Kier molecular flexibility index (Phi) is 4.14. The Morgan fingerprint density at radius 2 is 2.14 bits per heavy atom. The lowest BCUT2D eigenvalue weighted by Crippen LogP contribution is -2.38. The number of aryl methyl sites for hydroxylation is 2. The third kappa shape index (κ3) is 2.90. The molecule has 1 aromatic rings. The minimum atomic E-state index is -0.0299. The summed E-state index contributed by atoms with van der Waals surface area (Å²) >= 11 is 0. The lowest BCUT2D eigenvalue weighted by molar-refractivity contribution is 0.210. The molecule has 2 fully saturated rings. The molecule has 1 aromatic heterocycles. The van der Waals surface area contributed by atoms with Crippen LogP contribution in [0.3, 0.4) is 0 Å². The van der Waals surface area contributed by atoms with Gasteiger partial charge in [-0.15, -0.1) is 0 Å². The van der Waals surface area contributed by atoms with Crippen molar-refractivity contribution >= 4 is 11.7 Å². The minimum absolute atomic E-state index is 0.0299. The zero-order valence-corrected chi connectivity index (χ0v) is 12.9. The molecule has 0 spiro atoms. The van der Waals surface area contributed by atoms with Gasteiger partial charge >= 0.3 is 6.03 Å². The molecule has 2 aliphatic rings. The van der Waals surface area contributed by atoms with Crippen LogP contribution in [0.1, 0.15) is 37.6 Å². The van der Waals surface area contributed by atoms with Crippen LogP contribution >= 0.6 is 0 Å². The number of anilines is 1. The first kappa shape index (κ1) is 14.4. The number of hydrogen-bond acceptors (Lipinski definition) is 4. The molecule has 3 heterocycles. The van der Waals surface area contributed by atoms with Gasteiger partial charge in [0.15, 0.2) is 5.76 Å². The van der Waals surface area contributed by atoms with E-state index in [-0.39, 0.29) is 6.03 Å². The number of nitrogens with zero attached hydrogens (tertiary/aromatic N) is 3. The van der Waals surface area contributed by atoms with E-state index >= 15 is 0 Å². The molecule has 2 amide bonds. The maximum Gasteiger partial charge on any atom is 0.322 e. The molecular weight excluding hydrogens is 268 g/mol. The summed E-state index contributed by atoms with van der Waals surface area (Å²) in [6.07, 6.45) is 4.42. The SMILES string of the molecule is CCc1noc(C)c1NC(=O)N1CCC(N2CCCC2)C1. The van der Waals surface area contributed by atoms with E-state index in [2.05, 4.69) is 15.4 Å². The fraction of sp³-hybridized carbons (Fsp3) is 0.733. The topological polar surface area (TPSA) is 61.6 Å². The molecule has 1 unspecified atom stereocenters. The van der Waals surface area contributed by atoms with E-state index in [1.54, 1.807) is 0 Å². The molecule has 1 N–H and O–H groups in total. The van der Waals surface area contributed by atoms with Gasteiger partial charge in [0.25, 0.3) is 0 Å². The van der Waals surface area contributed by atoms with E-state index in [0.717, 1.165) is 37.3 Å². The Labute approximate surface area is 125 Å². The van der Waals surface area contributed by atoms with Crippen LogP contribution < -0.4 is 5.32 Å². The van der Waals surface area contributed by atoms with Gasteiger partial charge in [-0.2, -0.15) is 0 Å². The molecule has 1 atom stereocenters. The first-order valence-electron chi connectivity index (χ1n) is 7.94. The maximum absolute atomic E-state index is 12.4. The second kappa shape index (κ2) is 6.05. The van der Waals surface area contributed by atoms with Gasteiger partial charge in [-0.3, -0.25) is 4.90 Å². The summed E-state index contributed by atoms with van der Waals surface area (Å²) in [5.41, 5.74) is 1.56. The average Bonchev–Trinajstić information content (AvgIpc) is 3.19. The summed E-state index contributed by atoms with van der Waals surface area (Å²) in [4.78, 5) is 16.9. The van der Waals surface area contributed by atoms with Crippen molar-refractivity contribution in [2.75, 3.05) is 31.5 Å². The van der Waals surface area contributed by atoms with Crippen LogP contribution in [-0.2, 0) is 6.42 Å². The predicted molar refractivity (Wildman–Crippen MR) is 80.4 cm³/mol. The number of hydrogen-bond donors (Lipinski definition) is 1. The Morgan fingerprint density at radius 3 is 2.86 bits per heavy atom. The number of nitrogens with one attached hydrogen (secondary N) is 1. The van der Waals surface area contributed by atoms with Gasteiger partial charge in [0.2, 0.25) is 0 Å². The highest BCUT2D eigenvalue weighted by Crippen LogP contribution is 2.23. The van der Waals surface area contributed by atoms with Crippen molar-refractivity contribution in [1.82, 2.24) is 15.0 Å². The Morgan fingerprint density at radius 1 is 1.38 bits per heavy atom. The number of urea groups is 1. The van der Waals surface area contributed by atoms with E-state index < -0.39 is 0 Å². The van der Waals surface area contributed by atoms with Crippen molar-refractivity contribution in [2.45, 2.75) is 45.6 Å². The zero-order valence-electron chi connectivity index (χ0n) is 12.9. The van der Waals surface area contributed by atoms with Crippen LogP contribution in [0, 0.1) is 6.92 Å². The standard InChI is InChI=1S/C15H24N4O2/c1-3-13-14(11(2)21-17-13)16-15(20)19-9-6-12(10-19)18-7-4-5-8-18/h12H,3-10H2,1-2H3,(H,16,20). The second-order valence-corrected chi connectivity index (χ2v) is 5.98. The van der Waals surface area contributed by atoms with E-state index in [0.29, 0.717) is 11.8 Å². The Hall–Kier alpha value is -1.56. The number of rotatable bonds is 3. The first-order chi connectivity index (χ1) is 10.2. The third-order valence-corrected chi connectivity index (χ3v) is 4.61. The van der Waals surface area contributed by atoms with Crippen molar-refractivity contribution in [3.8, 4) is 0 Å². The number of carbonyl (C=O) groups is 1. The van der Waals surface area contributed by atoms with Gasteiger partial charge in [0.1, 0.15) is 11.4 Å². The summed E-state index contributed by atoms with van der Waals surface area (Å²) in [7, 11) is 0. The quantitative estimate of drug-likeness (QED) is 0.928.